The van der Waals surface area contributed by atoms with Crippen LogP contribution in [0, 0.1) is 0 Å². The zero-order valence-corrected chi connectivity index (χ0v) is 20.7. The Balaban J connectivity index is 3.42. The van der Waals surface area contributed by atoms with E-state index in [9.17, 15) is 19.4 Å². The Kier molecular flexibility index (Phi) is 21.5. The summed E-state index contributed by atoms with van der Waals surface area (Å²) in [6.07, 6.45) is 18.1. The lowest BCUT2D eigenvalue weighted by Crippen LogP contribution is -2.23. The highest BCUT2D eigenvalue weighted by atomic mass is 31.2. The second kappa shape index (κ2) is 22.1. The highest BCUT2D eigenvalue weighted by Crippen LogP contribution is 2.42. The predicted molar refractivity (Wildman–Crippen MR) is 127 cm³/mol. The first-order chi connectivity index (χ1) is 15.4. The van der Waals surface area contributed by atoms with Gasteiger partial charge in [-0.2, -0.15) is 0 Å². The van der Waals surface area contributed by atoms with Gasteiger partial charge in [0, 0.05) is 13.0 Å². The Morgan fingerprint density at radius 1 is 0.875 bits per heavy atom. The van der Waals surface area contributed by atoms with E-state index in [4.69, 9.17) is 10.5 Å². The van der Waals surface area contributed by atoms with Gasteiger partial charge < -0.3 is 20.5 Å². The molecule has 0 saturated carbocycles. The molecule has 0 aromatic rings. The van der Waals surface area contributed by atoms with Gasteiger partial charge in [0.2, 0.25) is 0 Å². The van der Waals surface area contributed by atoms with Crippen molar-refractivity contribution in [3.8, 4) is 0 Å². The number of carbonyl (C=O) groups excluding carboxylic acids is 1. The van der Waals surface area contributed by atoms with Gasteiger partial charge in [-0.05, 0) is 19.3 Å². The Labute approximate surface area is 194 Å². The van der Waals surface area contributed by atoms with Crippen LogP contribution in [0.25, 0.3) is 0 Å². The maximum atomic E-state index is 11.7. The van der Waals surface area contributed by atoms with Crippen LogP contribution in [0.2, 0.25) is 0 Å². The number of phosphoric acid groups is 1. The molecule has 0 radical (unpaired) electrons. The van der Waals surface area contributed by atoms with Gasteiger partial charge in [-0.3, -0.25) is 13.8 Å². The molecule has 0 heterocycles. The Bertz CT molecular complexity index is 505. The van der Waals surface area contributed by atoms with Gasteiger partial charge in [0.05, 0.1) is 13.2 Å². The number of carbonyl (C=O) groups is 1. The lowest BCUT2D eigenvalue weighted by atomic mass is 10.0. The summed E-state index contributed by atoms with van der Waals surface area (Å²) in [4.78, 5) is 21.0. The molecule has 0 aliphatic carbocycles. The summed E-state index contributed by atoms with van der Waals surface area (Å²) >= 11 is 0. The van der Waals surface area contributed by atoms with E-state index in [1.54, 1.807) is 0 Å². The lowest BCUT2D eigenvalue weighted by molar-refractivity contribution is -0.147. The fraction of sp³-hybridized carbons (Fsp3) is 0.870. The molecule has 4 N–H and O–H groups in total. The van der Waals surface area contributed by atoms with E-state index in [1.807, 2.05) is 6.08 Å². The number of rotatable bonds is 24. The van der Waals surface area contributed by atoms with Gasteiger partial charge in [-0.25, -0.2) is 4.57 Å². The number of allylic oxidation sites excluding steroid dienone is 1. The number of nitrogens with two attached hydrogens (primary N) is 1. The number of ether oxygens (including phenoxy) is 1. The summed E-state index contributed by atoms with van der Waals surface area (Å²) in [5.74, 6) is -0.389. The third kappa shape index (κ3) is 22.4. The molecule has 0 bridgehead atoms. The van der Waals surface area contributed by atoms with E-state index in [1.165, 1.54) is 64.2 Å². The van der Waals surface area contributed by atoms with Crippen molar-refractivity contribution in [2.75, 3.05) is 26.4 Å². The summed E-state index contributed by atoms with van der Waals surface area (Å²) in [6.45, 7) is 2.93. The van der Waals surface area contributed by atoms with Crippen molar-refractivity contribution in [1.82, 2.24) is 0 Å². The molecule has 0 saturated heterocycles. The van der Waals surface area contributed by atoms with E-state index >= 15 is 0 Å². The SMILES string of the molecule is C=CCCCCCCCCCCCCCCCC(=O)OC[C@@H](O)COP(=O)(O)OCCN. The molecule has 8 nitrogen and oxygen atoms in total. The lowest BCUT2D eigenvalue weighted by Gasteiger charge is -2.15. The Morgan fingerprint density at radius 2 is 1.38 bits per heavy atom. The van der Waals surface area contributed by atoms with Crippen LogP contribution in [0.3, 0.4) is 0 Å². The van der Waals surface area contributed by atoms with E-state index in [0.29, 0.717) is 6.42 Å². The van der Waals surface area contributed by atoms with Crippen LogP contribution in [0.1, 0.15) is 96.3 Å². The molecular formula is C23H46NO7P. The molecule has 0 rings (SSSR count). The van der Waals surface area contributed by atoms with Gasteiger partial charge in [-0.15, -0.1) is 6.58 Å². The van der Waals surface area contributed by atoms with Crippen molar-refractivity contribution >= 4 is 13.8 Å². The van der Waals surface area contributed by atoms with Gasteiger partial charge in [0.15, 0.2) is 0 Å². The first kappa shape index (κ1) is 31.2. The Morgan fingerprint density at radius 3 is 1.88 bits per heavy atom. The molecule has 1 unspecified atom stereocenters. The topological polar surface area (TPSA) is 128 Å². The van der Waals surface area contributed by atoms with Gasteiger partial charge in [0.25, 0.3) is 0 Å². The fourth-order valence-electron chi connectivity index (χ4n) is 3.20. The minimum atomic E-state index is -4.24. The quantitative estimate of drug-likeness (QED) is 0.0762. The zero-order chi connectivity index (χ0) is 23.9. The van der Waals surface area contributed by atoms with Crippen molar-refractivity contribution in [1.29, 1.82) is 0 Å². The van der Waals surface area contributed by atoms with Crippen molar-refractivity contribution in [2.45, 2.75) is 102 Å². The zero-order valence-electron chi connectivity index (χ0n) is 19.8. The molecule has 0 aromatic carbocycles. The van der Waals surface area contributed by atoms with Crippen LogP contribution >= 0.6 is 7.82 Å². The number of unbranched alkanes of at least 4 members (excludes halogenated alkanes) is 13. The normalized spacial score (nSPS) is 14.1. The molecular weight excluding hydrogens is 433 g/mol. The molecule has 0 spiro atoms. The minimum absolute atomic E-state index is 0.0747. The van der Waals surface area contributed by atoms with E-state index in [0.717, 1.165) is 25.7 Å². The van der Waals surface area contributed by atoms with E-state index < -0.39 is 20.5 Å². The maximum Gasteiger partial charge on any atom is 0.472 e. The fourth-order valence-corrected chi connectivity index (χ4v) is 3.97. The van der Waals surface area contributed by atoms with Crippen molar-refractivity contribution in [3.63, 3.8) is 0 Å². The molecule has 0 aromatic heterocycles. The molecule has 0 fully saturated rings. The highest BCUT2D eigenvalue weighted by molar-refractivity contribution is 7.47. The van der Waals surface area contributed by atoms with Crippen LogP contribution in [0.15, 0.2) is 12.7 Å². The number of aliphatic hydroxyl groups is 1. The van der Waals surface area contributed by atoms with Gasteiger partial charge in [0.1, 0.15) is 12.7 Å². The summed E-state index contributed by atoms with van der Waals surface area (Å²) in [7, 11) is -4.24. The van der Waals surface area contributed by atoms with Crippen LogP contribution in [-0.4, -0.2) is 48.4 Å². The van der Waals surface area contributed by atoms with Gasteiger partial charge >= 0.3 is 13.8 Å². The molecule has 0 aliphatic rings. The number of hydrogen-bond acceptors (Lipinski definition) is 7. The highest BCUT2D eigenvalue weighted by Gasteiger charge is 2.22. The van der Waals surface area contributed by atoms with Crippen LogP contribution < -0.4 is 5.73 Å². The average Bonchev–Trinajstić information content (AvgIpc) is 2.77. The minimum Gasteiger partial charge on any atom is -0.463 e. The van der Waals surface area contributed by atoms with Crippen LogP contribution in [0.5, 0.6) is 0 Å². The third-order valence-corrected chi connectivity index (χ3v) is 6.01. The molecule has 9 heteroatoms. The Hall–Kier alpha value is -0.760. The smallest absolute Gasteiger partial charge is 0.463 e. The number of esters is 1. The second-order valence-corrected chi connectivity index (χ2v) is 9.60. The monoisotopic (exact) mass is 479 g/mol. The van der Waals surface area contributed by atoms with E-state index in [2.05, 4.69) is 15.6 Å². The molecule has 2 atom stereocenters. The summed E-state index contributed by atoms with van der Waals surface area (Å²) in [5, 5.41) is 9.67. The third-order valence-electron chi connectivity index (χ3n) is 5.03. The number of phosphoric ester groups is 1. The van der Waals surface area contributed by atoms with Crippen LogP contribution in [-0.2, 0) is 23.1 Å². The van der Waals surface area contributed by atoms with Crippen molar-refractivity contribution in [2.24, 2.45) is 5.73 Å². The maximum absolute atomic E-state index is 11.7. The molecule has 0 amide bonds. The van der Waals surface area contributed by atoms with Gasteiger partial charge in [-0.1, -0.05) is 76.7 Å². The molecule has 0 aliphatic heterocycles. The molecule has 190 valence electrons. The first-order valence-corrected chi connectivity index (χ1v) is 13.7. The summed E-state index contributed by atoms with van der Waals surface area (Å²) in [6, 6.07) is 0. The standard InChI is InChI=1S/C23H46NO7P/c1-2-3-4-5-6-7-8-9-10-11-12-13-14-15-16-17-23(26)29-20-22(25)21-31-32(27,28)30-19-18-24/h2,22,25H,1,3-21,24H2,(H,27,28)/t22-/m1/s1. The van der Waals surface area contributed by atoms with Crippen molar-refractivity contribution < 1.29 is 33.1 Å². The first-order valence-electron chi connectivity index (χ1n) is 12.2. The molecule has 32 heavy (non-hydrogen) atoms. The average molecular weight is 480 g/mol. The second-order valence-electron chi connectivity index (χ2n) is 8.15. The predicted octanol–water partition coefficient (Wildman–Crippen LogP) is 5.02. The summed E-state index contributed by atoms with van der Waals surface area (Å²) < 4.78 is 25.5. The van der Waals surface area contributed by atoms with Crippen LogP contribution in [0.4, 0.5) is 0 Å². The van der Waals surface area contributed by atoms with E-state index in [-0.39, 0.29) is 25.7 Å². The number of aliphatic hydroxyl groups excluding tert-OH is 1. The summed E-state index contributed by atoms with van der Waals surface area (Å²) in [5.41, 5.74) is 5.17. The van der Waals surface area contributed by atoms with Crippen molar-refractivity contribution in [3.05, 3.63) is 12.7 Å². The largest absolute Gasteiger partial charge is 0.472 e. The number of hydrogen-bond donors (Lipinski definition) is 3.